The summed E-state index contributed by atoms with van der Waals surface area (Å²) in [5, 5.41) is 5.40. The van der Waals surface area contributed by atoms with Crippen molar-refractivity contribution in [3.05, 3.63) is 12.3 Å². The van der Waals surface area contributed by atoms with Crippen molar-refractivity contribution in [2.75, 3.05) is 32.1 Å². The molecule has 1 aromatic heterocycles. The summed E-state index contributed by atoms with van der Waals surface area (Å²) in [5.74, 6) is -0.349. The van der Waals surface area contributed by atoms with E-state index in [-0.39, 0.29) is 18.4 Å². The fourth-order valence-electron chi connectivity index (χ4n) is 1.55. The van der Waals surface area contributed by atoms with Gasteiger partial charge in [0.2, 0.25) is 11.8 Å². The van der Waals surface area contributed by atoms with Crippen LogP contribution in [0.3, 0.4) is 0 Å². The summed E-state index contributed by atoms with van der Waals surface area (Å²) in [6.07, 6.45) is 1.97. The number of hydrogen-bond donors (Lipinski definition) is 1. The average Bonchev–Trinajstić information content (AvgIpc) is 2.89. The Morgan fingerprint density at radius 3 is 2.90 bits per heavy atom. The number of carbonyl (C=O) groups is 2. The maximum atomic E-state index is 11.9. The third kappa shape index (κ3) is 5.58. The first kappa shape index (κ1) is 16.5. The van der Waals surface area contributed by atoms with Gasteiger partial charge in [-0.2, -0.15) is 0 Å². The molecule has 1 aromatic rings. The summed E-state index contributed by atoms with van der Waals surface area (Å²) in [5.41, 5.74) is 0. The lowest BCUT2D eigenvalue weighted by atomic mass is 10.3. The largest absolute Gasteiger partial charge is 0.385 e. The Labute approximate surface area is 122 Å². The van der Waals surface area contributed by atoms with Crippen LogP contribution in [0.25, 0.3) is 0 Å². The van der Waals surface area contributed by atoms with Crippen LogP contribution in [0.1, 0.15) is 13.3 Å². The first-order chi connectivity index (χ1) is 9.54. The van der Waals surface area contributed by atoms with Crippen LogP contribution in [0.5, 0.6) is 0 Å². The number of rotatable bonds is 8. The van der Waals surface area contributed by atoms with Crippen LogP contribution in [-0.2, 0) is 14.3 Å². The second-order valence-corrected chi connectivity index (χ2v) is 4.81. The van der Waals surface area contributed by atoms with E-state index in [1.54, 1.807) is 14.0 Å². The molecule has 8 heteroatoms. The molecule has 0 bridgehead atoms. The Bertz CT molecular complexity index is 422. The molecule has 1 unspecified atom stereocenters. The maximum Gasteiger partial charge on any atom is 0.245 e. The van der Waals surface area contributed by atoms with Crippen molar-refractivity contribution >= 4 is 29.2 Å². The SMILES string of the molecule is COCCCN(CC(=O)Nc1ccon1)C(=O)C(C)Cl. The van der Waals surface area contributed by atoms with Gasteiger partial charge in [0, 0.05) is 26.3 Å². The molecular weight excluding hydrogens is 286 g/mol. The quantitative estimate of drug-likeness (QED) is 0.574. The van der Waals surface area contributed by atoms with Gasteiger partial charge >= 0.3 is 0 Å². The van der Waals surface area contributed by atoms with Gasteiger partial charge in [0.05, 0.1) is 6.54 Å². The number of nitrogens with one attached hydrogen (secondary N) is 1. The zero-order valence-corrected chi connectivity index (χ0v) is 12.2. The second-order valence-electron chi connectivity index (χ2n) is 4.16. The van der Waals surface area contributed by atoms with Crippen molar-refractivity contribution in [2.24, 2.45) is 0 Å². The van der Waals surface area contributed by atoms with Crippen molar-refractivity contribution in [3.63, 3.8) is 0 Å². The molecule has 7 nitrogen and oxygen atoms in total. The van der Waals surface area contributed by atoms with Crippen LogP contribution in [0, 0.1) is 0 Å². The molecule has 0 aliphatic carbocycles. The van der Waals surface area contributed by atoms with Crippen molar-refractivity contribution in [2.45, 2.75) is 18.7 Å². The Kier molecular flexibility index (Phi) is 7.03. The van der Waals surface area contributed by atoms with Crippen molar-refractivity contribution < 1.29 is 18.8 Å². The highest BCUT2D eigenvalue weighted by Gasteiger charge is 2.21. The molecule has 0 radical (unpaired) electrons. The summed E-state index contributed by atoms with van der Waals surface area (Å²) < 4.78 is 9.53. The maximum absolute atomic E-state index is 11.9. The van der Waals surface area contributed by atoms with E-state index in [0.29, 0.717) is 25.4 Å². The van der Waals surface area contributed by atoms with Gasteiger partial charge in [0.15, 0.2) is 5.82 Å². The highest BCUT2D eigenvalue weighted by Crippen LogP contribution is 2.05. The van der Waals surface area contributed by atoms with Crippen LogP contribution in [0.4, 0.5) is 5.82 Å². The summed E-state index contributed by atoms with van der Waals surface area (Å²) in [6.45, 7) is 2.39. The standard InChI is InChI=1S/C12H18ClN3O4/c1-9(13)12(18)16(5-3-6-19-2)8-11(17)14-10-4-7-20-15-10/h4,7,9H,3,5-6,8H2,1-2H3,(H,14,15,17). The van der Waals surface area contributed by atoms with Gasteiger partial charge in [0.1, 0.15) is 11.6 Å². The van der Waals surface area contributed by atoms with Gasteiger partial charge in [-0.3, -0.25) is 9.59 Å². The highest BCUT2D eigenvalue weighted by molar-refractivity contribution is 6.30. The topological polar surface area (TPSA) is 84.7 Å². The number of carbonyl (C=O) groups excluding carboxylic acids is 2. The molecular formula is C12H18ClN3O4. The lowest BCUT2D eigenvalue weighted by Crippen LogP contribution is -2.42. The molecule has 1 N–H and O–H groups in total. The van der Waals surface area contributed by atoms with E-state index >= 15 is 0 Å². The Morgan fingerprint density at radius 1 is 1.60 bits per heavy atom. The van der Waals surface area contributed by atoms with Crippen LogP contribution in [-0.4, -0.2) is 54.1 Å². The van der Waals surface area contributed by atoms with Gasteiger partial charge in [-0.15, -0.1) is 11.6 Å². The summed E-state index contributed by atoms with van der Waals surface area (Å²) in [4.78, 5) is 25.1. The minimum Gasteiger partial charge on any atom is -0.385 e. The summed E-state index contributed by atoms with van der Waals surface area (Å²) in [6, 6.07) is 1.51. The number of hydrogen-bond acceptors (Lipinski definition) is 5. The fraction of sp³-hybridized carbons (Fsp3) is 0.583. The highest BCUT2D eigenvalue weighted by atomic mass is 35.5. The van der Waals surface area contributed by atoms with Crippen LogP contribution >= 0.6 is 11.6 Å². The van der Waals surface area contributed by atoms with Crippen LogP contribution in [0.15, 0.2) is 16.9 Å². The first-order valence-electron chi connectivity index (χ1n) is 6.16. The van der Waals surface area contributed by atoms with E-state index in [0.717, 1.165) is 0 Å². The van der Waals surface area contributed by atoms with Gasteiger partial charge in [0.25, 0.3) is 0 Å². The number of amides is 2. The molecule has 0 saturated heterocycles. The number of halogens is 1. The zero-order valence-electron chi connectivity index (χ0n) is 11.5. The minimum absolute atomic E-state index is 0.0908. The van der Waals surface area contributed by atoms with Gasteiger partial charge < -0.3 is 19.5 Å². The molecule has 0 aromatic carbocycles. The van der Waals surface area contributed by atoms with Crippen LogP contribution in [0.2, 0.25) is 0 Å². The van der Waals surface area contributed by atoms with E-state index < -0.39 is 5.38 Å². The molecule has 0 fully saturated rings. The lowest BCUT2D eigenvalue weighted by molar-refractivity contribution is -0.134. The van der Waals surface area contributed by atoms with Crippen molar-refractivity contribution in [3.8, 4) is 0 Å². The number of aromatic nitrogens is 1. The van der Waals surface area contributed by atoms with Gasteiger partial charge in [-0.05, 0) is 13.3 Å². The smallest absolute Gasteiger partial charge is 0.245 e. The Hall–Kier alpha value is -1.60. The molecule has 1 rings (SSSR count). The zero-order chi connectivity index (χ0) is 15.0. The number of methoxy groups -OCH3 is 1. The number of anilines is 1. The van der Waals surface area contributed by atoms with Crippen molar-refractivity contribution in [1.82, 2.24) is 10.1 Å². The number of nitrogens with zero attached hydrogens (tertiary/aromatic N) is 2. The molecule has 0 aliphatic heterocycles. The Balaban J connectivity index is 2.53. The minimum atomic E-state index is -0.683. The molecule has 2 amide bonds. The van der Waals surface area contributed by atoms with E-state index in [4.69, 9.17) is 16.3 Å². The normalized spacial score (nSPS) is 11.9. The molecule has 0 aliphatic rings. The predicted molar refractivity (Wildman–Crippen MR) is 73.5 cm³/mol. The molecule has 1 atom stereocenters. The summed E-state index contributed by atoms with van der Waals surface area (Å²) >= 11 is 5.78. The predicted octanol–water partition coefficient (Wildman–Crippen LogP) is 1.11. The molecule has 20 heavy (non-hydrogen) atoms. The first-order valence-corrected chi connectivity index (χ1v) is 6.60. The Morgan fingerprint density at radius 2 is 2.35 bits per heavy atom. The average molecular weight is 304 g/mol. The number of ether oxygens (including phenoxy) is 1. The van der Waals surface area contributed by atoms with Crippen molar-refractivity contribution in [1.29, 1.82) is 0 Å². The van der Waals surface area contributed by atoms with E-state index in [1.807, 2.05) is 0 Å². The molecule has 0 spiro atoms. The summed E-state index contributed by atoms with van der Waals surface area (Å²) in [7, 11) is 1.58. The monoisotopic (exact) mass is 303 g/mol. The van der Waals surface area contributed by atoms with Crippen LogP contribution < -0.4 is 5.32 Å². The fourth-order valence-corrected chi connectivity index (χ4v) is 1.69. The van der Waals surface area contributed by atoms with E-state index in [9.17, 15) is 9.59 Å². The van der Waals surface area contributed by atoms with E-state index in [2.05, 4.69) is 15.0 Å². The molecule has 112 valence electrons. The lowest BCUT2D eigenvalue weighted by Gasteiger charge is -2.23. The van der Waals surface area contributed by atoms with Gasteiger partial charge in [-0.25, -0.2) is 0 Å². The third-order valence-corrected chi connectivity index (χ3v) is 2.65. The van der Waals surface area contributed by atoms with E-state index in [1.165, 1.54) is 17.2 Å². The molecule has 0 saturated carbocycles. The third-order valence-electron chi connectivity index (χ3n) is 2.47. The molecule has 1 heterocycles. The van der Waals surface area contributed by atoms with Gasteiger partial charge in [-0.1, -0.05) is 5.16 Å². The second kappa shape index (κ2) is 8.55. The number of alkyl halides is 1.